The number of nitrogens with one attached hydrogen (secondary N) is 2. The number of hydrogen-bond acceptors (Lipinski definition) is 6. The number of ether oxygens (including phenoxy) is 1. The lowest BCUT2D eigenvalue weighted by Crippen LogP contribution is -2.48. The lowest BCUT2D eigenvalue weighted by atomic mass is 10.2. The number of urea groups is 1. The third-order valence-corrected chi connectivity index (χ3v) is 7.80. The number of carbonyl (C=O) groups excluding carboxylic acids is 2. The number of rotatable bonds is 6. The number of sulfonamides is 1. The van der Waals surface area contributed by atoms with Crippen molar-refractivity contribution < 1.29 is 22.7 Å². The SMILES string of the molecule is CCOC(=O)c1sc(NC(=O)NC2CCCN2S(=O)(=O)c2ccc(C)cc2)cc1C. The second kappa shape index (κ2) is 9.15. The summed E-state index contributed by atoms with van der Waals surface area (Å²) in [7, 11) is -3.71. The van der Waals surface area contributed by atoms with Crippen molar-refractivity contribution in [1.82, 2.24) is 9.62 Å². The summed E-state index contributed by atoms with van der Waals surface area (Å²) < 4.78 is 32.3. The van der Waals surface area contributed by atoms with E-state index in [-0.39, 0.29) is 11.5 Å². The van der Waals surface area contributed by atoms with Gasteiger partial charge in [-0.2, -0.15) is 4.31 Å². The predicted octanol–water partition coefficient (Wildman–Crippen LogP) is 3.47. The maximum atomic E-state index is 13.0. The van der Waals surface area contributed by atoms with Gasteiger partial charge in [0, 0.05) is 6.54 Å². The van der Waals surface area contributed by atoms with Crippen LogP contribution in [0.4, 0.5) is 9.80 Å². The highest BCUT2D eigenvalue weighted by atomic mass is 32.2. The van der Waals surface area contributed by atoms with Gasteiger partial charge in [-0.05, 0) is 57.4 Å². The van der Waals surface area contributed by atoms with Gasteiger partial charge in [-0.15, -0.1) is 11.3 Å². The van der Waals surface area contributed by atoms with Crippen molar-refractivity contribution in [3.63, 3.8) is 0 Å². The summed E-state index contributed by atoms with van der Waals surface area (Å²) in [6.45, 7) is 5.99. The van der Waals surface area contributed by atoms with Crippen molar-refractivity contribution in [2.75, 3.05) is 18.5 Å². The van der Waals surface area contributed by atoms with Gasteiger partial charge in [-0.25, -0.2) is 18.0 Å². The van der Waals surface area contributed by atoms with Gasteiger partial charge in [0.1, 0.15) is 4.88 Å². The van der Waals surface area contributed by atoms with E-state index in [2.05, 4.69) is 10.6 Å². The van der Waals surface area contributed by atoms with Gasteiger partial charge in [-0.3, -0.25) is 5.32 Å². The summed E-state index contributed by atoms with van der Waals surface area (Å²) in [6, 6.07) is 7.81. The molecule has 3 rings (SSSR count). The molecule has 30 heavy (non-hydrogen) atoms. The summed E-state index contributed by atoms with van der Waals surface area (Å²) in [5, 5.41) is 5.91. The monoisotopic (exact) mass is 451 g/mol. The highest BCUT2D eigenvalue weighted by Gasteiger charge is 2.36. The van der Waals surface area contributed by atoms with Crippen LogP contribution in [0.15, 0.2) is 35.2 Å². The zero-order chi connectivity index (χ0) is 21.9. The number of anilines is 1. The topological polar surface area (TPSA) is 105 Å². The minimum atomic E-state index is -3.71. The van der Waals surface area contributed by atoms with Gasteiger partial charge in [0.15, 0.2) is 0 Å². The first-order valence-corrected chi connectivity index (χ1v) is 11.9. The van der Waals surface area contributed by atoms with Crippen LogP contribution in [-0.2, 0) is 14.8 Å². The quantitative estimate of drug-likeness (QED) is 0.655. The molecule has 1 atom stereocenters. The molecule has 1 aliphatic rings. The number of amides is 2. The Labute approximate surface area is 180 Å². The number of carbonyl (C=O) groups is 2. The highest BCUT2D eigenvalue weighted by molar-refractivity contribution is 7.89. The van der Waals surface area contributed by atoms with E-state index in [0.717, 1.165) is 16.9 Å². The molecule has 1 unspecified atom stereocenters. The van der Waals surface area contributed by atoms with Gasteiger partial charge >= 0.3 is 12.0 Å². The molecule has 0 bridgehead atoms. The van der Waals surface area contributed by atoms with Gasteiger partial charge in [0.05, 0.1) is 22.7 Å². The summed E-state index contributed by atoms with van der Waals surface area (Å²) in [5.41, 5.74) is 1.68. The second-order valence-electron chi connectivity index (χ2n) is 7.03. The number of benzene rings is 1. The maximum absolute atomic E-state index is 13.0. The van der Waals surface area contributed by atoms with Crippen LogP contribution in [0.2, 0.25) is 0 Å². The average molecular weight is 452 g/mol. The molecular weight excluding hydrogens is 426 g/mol. The maximum Gasteiger partial charge on any atom is 0.348 e. The van der Waals surface area contributed by atoms with E-state index in [1.807, 2.05) is 6.92 Å². The normalized spacial score (nSPS) is 17.0. The van der Waals surface area contributed by atoms with Gasteiger partial charge in [0.25, 0.3) is 0 Å². The predicted molar refractivity (Wildman–Crippen MR) is 115 cm³/mol. The van der Waals surface area contributed by atoms with Crippen molar-refractivity contribution in [2.24, 2.45) is 0 Å². The molecular formula is C20H25N3O5S2. The van der Waals surface area contributed by atoms with E-state index in [9.17, 15) is 18.0 Å². The Bertz CT molecular complexity index is 1030. The minimum absolute atomic E-state index is 0.204. The molecule has 8 nitrogen and oxygen atoms in total. The van der Waals surface area contributed by atoms with E-state index < -0.39 is 28.2 Å². The Balaban J connectivity index is 1.68. The van der Waals surface area contributed by atoms with Crippen LogP contribution in [0, 0.1) is 13.8 Å². The number of hydrogen-bond donors (Lipinski definition) is 2. The third-order valence-electron chi connectivity index (χ3n) is 4.74. The number of aryl methyl sites for hydroxylation is 2. The molecule has 10 heteroatoms. The Kier molecular flexibility index (Phi) is 6.79. The number of nitrogens with zero attached hydrogens (tertiary/aromatic N) is 1. The lowest BCUT2D eigenvalue weighted by molar-refractivity contribution is 0.0531. The molecule has 1 fully saturated rings. The molecule has 1 saturated heterocycles. The van der Waals surface area contributed by atoms with Gasteiger partial charge in [-0.1, -0.05) is 17.7 Å². The van der Waals surface area contributed by atoms with Crippen LogP contribution in [0.25, 0.3) is 0 Å². The molecule has 2 amide bonds. The van der Waals surface area contributed by atoms with Crippen LogP contribution >= 0.6 is 11.3 Å². The fourth-order valence-corrected chi connectivity index (χ4v) is 5.84. The highest BCUT2D eigenvalue weighted by Crippen LogP contribution is 2.28. The molecule has 0 radical (unpaired) electrons. The standard InChI is InChI=1S/C20H25N3O5S2/c1-4-28-19(24)18-14(3)12-17(29-18)22-20(25)21-16-6-5-11-23(16)30(26,27)15-9-7-13(2)8-10-15/h7-10,12,16H,4-6,11H2,1-3H3,(H2,21,22,25). The Hall–Kier alpha value is -2.43. The number of esters is 1. The van der Waals surface area contributed by atoms with Crippen molar-refractivity contribution in [3.05, 3.63) is 46.3 Å². The molecule has 0 aliphatic carbocycles. The Morgan fingerprint density at radius 2 is 1.93 bits per heavy atom. The smallest absolute Gasteiger partial charge is 0.348 e. The lowest BCUT2D eigenvalue weighted by Gasteiger charge is -2.25. The molecule has 1 aromatic carbocycles. The first kappa shape index (κ1) is 22.3. The van der Waals surface area contributed by atoms with Crippen LogP contribution in [0.3, 0.4) is 0 Å². The third kappa shape index (κ3) is 4.82. The van der Waals surface area contributed by atoms with Crippen LogP contribution in [0.5, 0.6) is 0 Å². The summed E-state index contributed by atoms with van der Waals surface area (Å²) >= 11 is 1.12. The van der Waals surface area contributed by atoms with Gasteiger partial charge in [0.2, 0.25) is 10.0 Å². The van der Waals surface area contributed by atoms with E-state index in [4.69, 9.17) is 4.74 Å². The van der Waals surface area contributed by atoms with E-state index in [1.54, 1.807) is 44.2 Å². The average Bonchev–Trinajstić information content (AvgIpc) is 3.29. The van der Waals surface area contributed by atoms with E-state index >= 15 is 0 Å². The molecule has 162 valence electrons. The van der Waals surface area contributed by atoms with Crippen LogP contribution < -0.4 is 10.6 Å². The van der Waals surface area contributed by atoms with Crippen molar-refractivity contribution >= 4 is 38.4 Å². The van der Waals surface area contributed by atoms with Gasteiger partial charge < -0.3 is 10.1 Å². The minimum Gasteiger partial charge on any atom is -0.462 e. The van der Waals surface area contributed by atoms with E-state index in [0.29, 0.717) is 34.8 Å². The molecule has 0 saturated carbocycles. The molecule has 2 N–H and O–H groups in total. The van der Waals surface area contributed by atoms with Crippen LogP contribution in [0.1, 0.15) is 40.6 Å². The molecule has 1 aromatic heterocycles. The second-order valence-corrected chi connectivity index (χ2v) is 9.97. The molecule has 1 aliphatic heterocycles. The Morgan fingerprint density at radius 1 is 1.23 bits per heavy atom. The zero-order valence-electron chi connectivity index (χ0n) is 17.1. The first-order chi connectivity index (χ1) is 14.2. The molecule has 2 aromatic rings. The zero-order valence-corrected chi connectivity index (χ0v) is 18.7. The fourth-order valence-electron chi connectivity index (χ4n) is 3.26. The first-order valence-electron chi connectivity index (χ1n) is 9.66. The van der Waals surface area contributed by atoms with Crippen molar-refractivity contribution in [2.45, 2.75) is 44.7 Å². The largest absolute Gasteiger partial charge is 0.462 e. The number of thiophene rings is 1. The molecule has 2 heterocycles. The van der Waals surface area contributed by atoms with Crippen LogP contribution in [-0.4, -0.2) is 44.0 Å². The summed E-state index contributed by atoms with van der Waals surface area (Å²) in [5.74, 6) is -0.431. The molecule has 0 spiro atoms. The Morgan fingerprint density at radius 3 is 2.60 bits per heavy atom. The fraction of sp³-hybridized carbons (Fsp3) is 0.400. The van der Waals surface area contributed by atoms with E-state index in [1.165, 1.54) is 4.31 Å². The summed E-state index contributed by atoms with van der Waals surface area (Å²) in [4.78, 5) is 25.1. The van der Waals surface area contributed by atoms with Crippen molar-refractivity contribution in [1.29, 1.82) is 0 Å². The van der Waals surface area contributed by atoms with Crippen molar-refractivity contribution in [3.8, 4) is 0 Å². The summed E-state index contributed by atoms with van der Waals surface area (Å²) in [6.07, 6.45) is 0.541.